The molecule has 20 heavy (non-hydrogen) atoms. The van der Waals surface area contributed by atoms with Gasteiger partial charge in [0, 0.05) is 17.0 Å². The summed E-state index contributed by atoms with van der Waals surface area (Å²) in [6.07, 6.45) is 0. The Morgan fingerprint density at radius 1 is 1.20 bits per heavy atom. The first-order chi connectivity index (χ1) is 9.61. The molecule has 0 atom stereocenters. The molecule has 6 heteroatoms. The molecule has 0 unspecified atom stereocenters. The lowest BCUT2D eigenvalue weighted by atomic mass is 10.2. The molecule has 0 aliphatic heterocycles. The van der Waals surface area contributed by atoms with E-state index in [-0.39, 0.29) is 12.3 Å². The van der Waals surface area contributed by atoms with Gasteiger partial charge in [-0.1, -0.05) is 40.2 Å². The lowest BCUT2D eigenvalue weighted by Gasteiger charge is -2.09. The Bertz CT molecular complexity index is 632. The van der Waals surface area contributed by atoms with Crippen LogP contribution in [0.15, 0.2) is 46.9 Å². The van der Waals surface area contributed by atoms with Gasteiger partial charge in [0.15, 0.2) is 0 Å². The van der Waals surface area contributed by atoms with Gasteiger partial charge in [0.05, 0.1) is 4.92 Å². The minimum Gasteiger partial charge on any atom is -0.489 e. The topological polar surface area (TPSA) is 52.4 Å². The predicted molar refractivity (Wildman–Crippen MR) is 84.2 cm³/mol. The minimum absolute atomic E-state index is 0.0420. The summed E-state index contributed by atoms with van der Waals surface area (Å²) in [6.45, 7) is 0.272. The molecular weight excluding hydrogens is 390 g/mol. The van der Waals surface area contributed by atoms with E-state index in [1.807, 2.05) is 24.3 Å². The fourth-order valence-electron chi connectivity index (χ4n) is 1.70. The molecule has 2 rings (SSSR count). The van der Waals surface area contributed by atoms with E-state index in [9.17, 15) is 10.1 Å². The average Bonchev–Trinajstić information content (AvgIpc) is 2.46. The van der Waals surface area contributed by atoms with Crippen LogP contribution in [0.25, 0.3) is 0 Å². The summed E-state index contributed by atoms with van der Waals surface area (Å²) in [5, 5.41) is 11.6. The van der Waals surface area contributed by atoms with Crippen LogP contribution in [0.4, 0.5) is 5.69 Å². The molecule has 0 amide bonds. The van der Waals surface area contributed by atoms with Crippen molar-refractivity contribution < 1.29 is 9.66 Å². The SMILES string of the molecule is O=[N+]([O-])c1cccc(COc2cccc(CBr)c2)c1Br. The van der Waals surface area contributed by atoms with Crippen LogP contribution < -0.4 is 4.74 Å². The highest BCUT2D eigenvalue weighted by molar-refractivity contribution is 9.10. The Labute approximate surface area is 133 Å². The maximum absolute atomic E-state index is 10.9. The van der Waals surface area contributed by atoms with E-state index < -0.39 is 4.92 Å². The number of hydrogen-bond acceptors (Lipinski definition) is 3. The average molecular weight is 401 g/mol. The Morgan fingerprint density at radius 2 is 1.95 bits per heavy atom. The highest BCUT2D eigenvalue weighted by Crippen LogP contribution is 2.29. The Balaban J connectivity index is 2.14. The van der Waals surface area contributed by atoms with Crippen LogP contribution in [0.1, 0.15) is 11.1 Å². The van der Waals surface area contributed by atoms with Gasteiger partial charge in [0.1, 0.15) is 16.8 Å². The molecule has 0 aromatic heterocycles. The lowest BCUT2D eigenvalue weighted by Crippen LogP contribution is -1.99. The Kier molecular flexibility index (Phi) is 5.14. The maximum Gasteiger partial charge on any atom is 0.283 e. The summed E-state index contributed by atoms with van der Waals surface area (Å²) in [5.74, 6) is 0.736. The first kappa shape index (κ1) is 15.0. The van der Waals surface area contributed by atoms with Crippen LogP contribution in [0.5, 0.6) is 5.75 Å². The van der Waals surface area contributed by atoms with Gasteiger partial charge < -0.3 is 4.74 Å². The molecule has 0 saturated carbocycles. The van der Waals surface area contributed by atoms with Crippen molar-refractivity contribution in [3.8, 4) is 5.75 Å². The first-order valence-corrected chi connectivity index (χ1v) is 7.72. The highest BCUT2D eigenvalue weighted by atomic mass is 79.9. The highest BCUT2D eigenvalue weighted by Gasteiger charge is 2.14. The molecule has 0 aliphatic rings. The predicted octanol–water partition coefficient (Wildman–Crippen LogP) is 4.83. The third-order valence-corrected chi connectivity index (χ3v) is 4.27. The van der Waals surface area contributed by atoms with Crippen molar-refractivity contribution in [3.05, 3.63) is 68.2 Å². The summed E-state index contributed by atoms with van der Waals surface area (Å²) in [4.78, 5) is 10.4. The van der Waals surface area contributed by atoms with Crippen LogP contribution in [0, 0.1) is 10.1 Å². The van der Waals surface area contributed by atoms with Crippen molar-refractivity contribution in [2.24, 2.45) is 0 Å². The van der Waals surface area contributed by atoms with Gasteiger partial charge >= 0.3 is 0 Å². The molecule has 0 N–H and O–H groups in total. The molecule has 0 aliphatic carbocycles. The fourth-order valence-corrected chi connectivity index (χ4v) is 2.57. The molecule has 0 spiro atoms. The van der Waals surface area contributed by atoms with Crippen molar-refractivity contribution in [3.63, 3.8) is 0 Å². The molecule has 4 nitrogen and oxygen atoms in total. The zero-order chi connectivity index (χ0) is 14.5. The van der Waals surface area contributed by atoms with E-state index in [1.165, 1.54) is 6.07 Å². The van der Waals surface area contributed by atoms with Crippen molar-refractivity contribution >= 4 is 37.5 Å². The van der Waals surface area contributed by atoms with E-state index in [0.717, 1.165) is 22.2 Å². The minimum atomic E-state index is -0.418. The third kappa shape index (κ3) is 3.58. The third-order valence-electron chi connectivity index (χ3n) is 2.70. The monoisotopic (exact) mass is 399 g/mol. The molecule has 0 fully saturated rings. The lowest BCUT2D eigenvalue weighted by molar-refractivity contribution is -0.385. The number of nitro groups is 1. The Hall–Kier alpha value is -1.40. The van der Waals surface area contributed by atoms with E-state index in [4.69, 9.17) is 4.74 Å². The molecule has 0 saturated heterocycles. The standard InChI is InChI=1S/C14H11Br2NO3/c15-8-10-3-1-5-12(7-10)20-9-11-4-2-6-13(14(11)16)17(18)19/h1-7H,8-9H2. The number of hydrogen-bond donors (Lipinski definition) is 0. The fraction of sp³-hybridized carbons (Fsp3) is 0.143. The Morgan fingerprint density at radius 3 is 2.65 bits per heavy atom. The zero-order valence-electron chi connectivity index (χ0n) is 10.4. The number of benzene rings is 2. The smallest absolute Gasteiger partial charge is 0.283 e. The molecule has 2 aromatic rings. The van der Waals surface area contributed by atoms with Crippen molar-refractivity contribution in [1.82, 2.24) is 0 Å². The van der Waals surface area contributed by atoms with Crippen molar-refractivity contribution in [2.45, 2.75) is 11.9 Å². The normalized spacial score (nSPS) is 10.3. The largest absolute Gasteiger partial charge is 0.489 e. The molecule has 0 bridgehead atoms. The summed E-state index contributed by atoms with van der Waals surface area (Å²) in [6, 6.07) is 12.6. The number of rotatable bonds is 5. The quantitative estimate of drug-likeness (QED) is 0.410. The molecule has 0 heterocycles. The molecular formula is C14H11Br2NO3. The number of alkyl halides is 1. The summed E-state index contributed by atoms with van der Waals surface area (Å²) in [7, 11) is 0. The van der Waals surface area contributed by atoms with Crippen LogP contribution >= 0.6 is 31.9 Å². The van der Waals surface area contributed by atoms with Gasteiger partial charge in [-0.05, 0) is 33.6 Å². The van der Waals surface area contributed by atoms with E-state index in [1.54, 1.807) is 12.1 Å². The van der Waals surface area contributed by atoms with Gasteiger partial charge in [0.2, 0.25) is 0 Å². The van der Waals surface area contributed by atoms with Crippen LogP contribution in [-0.2, 0) is 11.9 Å². The first-order valence-electron chi connectivity index (χ1n) is 5.81. The number of nitro benzene ring substituents is 1. The number of ether oxygens (including phenoxy) is 1. The summed E-state index contributed by atoms with van der Waals surface area (Å²) < 4.78 is 6.14. The van der Waals surface area contributed by atoms with Gasteiger partial charge in [-0.3, -0.25) is 10.1 Å². The number of halogens is 2. The van der Waals surface area contributed by atoms with Gasteiger partial charge in [0.25, 0.3) is 5.69 Å². The molecule has 104 valence electrons. The summed E-state index contributed by atoms with van der Waals surface area (Å²) in [5.41, 5.74) is 1.89. The van der Waals surface area contributed by atoms with Gasteiger partial charge in [-0.2, -0.15) is 0 Å². The molecule has 2 aromatic carbocycles. The van der Waals surface area contributed by atoms with E-state index >= 15 is 0 Å². The second-order valence-corrected chi connectivity index (χ2v) is 5.43. The van der Waals surface area contributed by atoms with Crippen LogP contribution in [0.3, 0.4) is 0 Å². The second-order valence-electron chi connectivity index (χ2n) is 4.08. The molecule has 0 radical (unpaired) electrons. The van der Waals surface area contributed by atoms with E-state index in [0.29, 0.717) is 4.47 Å². The number of nitrogens with zero attached hydrogens (tertiary/aromatic N) is 1. The van der Waals surface area contributed by atoms with Gasteiger partial charge in [-0.15, -0.1) is 0 Å². The van der Waals surface area contributed by atoms with E-state index in [2.05, 4.69) is 31.9 Å². The van der Waals surface area contributed by atoms with Crippen LogP contribution in [0.2, 0.25) is 0 Å². The van der Waals surface area contributed by atoms with Crippen molar-refractivity contribution in [1.29, 1.82) is 0 Å². The van der Waals surface area contributed by atoms with Crippen LogP contribution in [-0.4, -0.2) is 4.92 Å². The maximum atomic E-state index is 10.9. The van der Waals surface area contributed by atoms with Gasteiger partial charge in [-0.25, -0.2) is 0 Å². The second kappa shape index (κ2) is 6.85. The van der Waals surface area contributed by atoms with Crippen molar-refractivity contribution in [2.75, 3.05) is 0 Å². The zero-order valence-corrected chi connectivity index (χ0v) is 13.6. The summed E-state index contributed by atoms with van der Waals surface area (Å²) >= 11 is 6.64.